The van der Waals surface area contributed by atoms with Gasteiger partial charge in [0.1, 0.15) is 0 Å². The Morgan fingerprint density at radius 2 is 1.75 bits per heavy atom. The van der Waals surface area contributed by atoms with Crippen LogP contribution in [0.1, 0.15) is 50.2 Å². The Labute approximate surface area is 188 Å². The fraction of sp³-hybridized carbons (Fsp3) is 0.708. The molecular formula is C24H34F3N3O2. The minimum absolute atomic E-state index is 0.144. The van der Waals surface area contributed by atoms with Gasteiger partial charge in [-0.25, -0.2) is 4.79 Å². The number of anilines is 1. The zero-order chi connectivity index (χ0) is 22.9. The Balaban J connectivity index is 1.32. The van der Waals surface area contributed by atoms with Gasteiger partial charge in [-0.15, -0.1) is 0 Å². The molecular weight excluding hydrogens is 419 g/mol. The topological polar surface area (TPSA) is 36.0 Å². The standard InChI is InChI=1S/C24H34F3N3O2/c1-18-5-6-20(21(15-18)29-10-3-4-11-29)16-28-12-7-23(17-28)8-13-30(14-9-23)22(31)32-19(2)24(25,26)27/h5-6,15,19H,3-4,7-14,16-17H2,1-2H3. The molecule has 3 fully saturated rings. The van der Waals surface area contributed by atoms with Crippen LogP contribution in [-0.2, 0) is 11.3 Å². The van der Waals surface area contributed by atoms with E-state index in [0.717, 1.165) is 58.9 Å². The molecule has 3 heterocycles. The van der Waals surface area contributed by atoms with E-state index in [9.17, 15) is 18.0 Å². The Morgan fingerprint density at radius 1 is 1.09 bits per heavy atom. The van der Waals surface area contributed by atoms with Crippen LogP contribution in [0.25, 0.3) is 0 Å². The molecule has 1 atom stereocenters. The zero-order valence-electron chi connectivity index (χ0n) is 19.1. The molecule has 1 amide bonds. The molecule has 8 heteroatoms. The van der Waals surface area contributed by atoms with Gasteiger partial charge in [0.2, 0.25) is 0 Å². The number of rotatable bonds is 4. The SMILES string of the molecule is Cc1ccc(CN2CCC3(CCN(C(=O)OC(C)C(F)(F)F)CC3)C2)c(N2CCCC2)c1. The van der Waals surface area contributed by atoms with E-state index in [4.69, 9.17) is 0 Å². The normalized spacial score (nSPS) is 22.5. The highest BCUT2D eigenvalue weighted by atomic mass is 19.4. The molecule has 1 aromatic carbocycles. The maximum atomic E-state index is 12.7. The van der Waals surface area contributed by atoms with Crippen LogP contribution in [0.15, 0.2) is 18.2 Å². The van der Waals surface area contributed by atoms with Crippen molar-refractivity contribution in [2.75, 3.05) is 44.2 Å². The molecule has 3 aliphatic heterocycles. The fourth-order valence-electron chi connectivity index (χ4n) is 5.33. The van der Waals surface area contributed by atoms with Crippen LogP contribution in [0.4, 0.5) is 23.7 Å². The second kappa shape index (κ2) is 9.12. The summed E-state index contributed by atoms with van der Waals surface area (Å²) in [6.45, 7) is 9.09. The molecule has 0 saturated carbocycles. The Morgan fingerprint density at radius 3 is 2.41 bits per heavy atom. The number of carbonyl (C=O) groups excluding carboxylic acids is 1. The number of carbonyl (C=O) groups is 1. The monoisotopic (exact) mass is 453 g/mol. The van der Waals surface area contributed by atoms with E-state index in [-0.39, 0.29) is 5.41 Å². The minimum atomic E-state index is -4.53. The summed E-state index contributed by atoms with van der Waals surface area (Å²) in [5.41, 5.74) is 4.16. The van der Waals surface area contributed by atoms with Gasteiger partial charge in [0, 0.05) is 45.0 Å². The molecule has 0 aliphatic carbocycles. The van der Waals surface area contributed by atoms with Crippen molar-refractivity contribution < 1.29 is 22.7 Å². The maximum Gasteiger partial charge on any atom is 0.425 e. The van der Waals surface area contributed by atoms with Crippen molar-refractivity contribution in [1.29, 1.82) is 0 Å². The third kappa shape index (κ3) is 5.16. The number of halogens is 3. The predicted octanol–water partition coefficient (Wildman–Crippen LogP) is 4.97. The summed E-state index contributed by atoms with van der Waals surface area (Å²) >= 11 is 0. The average Bonchev–Trinajstić information content (AvgIpc) is 3.40. The van der Waals surface area contributed by atoms with Gasteiger partial charge in [-0.1, -0.05) is 12.1 Å². The quantitative estimate of drug-likeness (QED) is 0.645. The number of ether oxygens (including phenoxy) is 1. The second-order valence-corrected chi connectivity index (χ2v) is 9.84. The van der Waals surface area contributed by atoms with Crippen LogP contribution < -0.4 is 4.90 Å². The number of benzene rings is 1. The number of amides is 1. The van der Waals surface area contributed by atoms with Gasteiger partial charge in [0.15, 0.2) is 6.10 Å². The highest BCUT2D eigenvalue weighted by Crippen LogP contribution is 2.41. The Bertz CT molecular complexity index is 815. The van der Waals surface area contributed by atoms with Crippen LogP contribution in [-0.4, -0.2) is 67.4 Å². The minimum Gasteiger partial charge on any atom is -0.437 e. The molecule has 0 bridgehead atoms. The summed E-state index contributed by atoms with van der Waals surface area (Å²) in [5, 5.41) is 0. The van der Waals surface area contributed by atoms with E-state index in [2.05, 4.69) is 39.7 Å². The molecule has 1 spiro atoms. The first-order valence-corrected chi connectivity index (χ1v) is 11.7. The van der Waals surface area contributed by atoms with Crippen molar-refractivity contribution in [2.45, 2.75) is 64.8 Å². The van der Waals surface area contributed by atoms with Crippen molar-refractivity contribution in [2.24, 2.45) is 5.41 Å². The van der Waals surface area contributed by atoms with Gasteiger partial charge >= 0.3 is 12.3 Å². The zero-order valence-corrected chi connectivity index (χ0v) is 19.1. The summed E-state index contributed by atoms with van der Waals surface area (Å²) in [7, 11) is 0. The van der Waals surface area contributed by atoms with Crippen molar-refractivity contribution >= 4 is 11.8 Å². The summed E-state index contributed by atoms with van der Waals surface area (Å²) < 4.78 is 42.7. The summed E-state index contributed by atoms with van der Waals surface area (Å²) in [6.07, 6.45) is -2.26. The molecule has 5 nitrogen and oxygen atoms in total. The molecule has 0 radical (unpaired) electrons. The molecule has 1 unspecified atom stereocenters. The van der Waals surface area contributed by atoms with Gasteiger partial charge in [-0.3, -0.25) is 4.90 Å². The van der Waals surface area contributed by atoms with Crippen LogP contribution in [0.2, 0.25) is 0 Å². The number of nitrogens with zero attached hydrogens (tertiary/aromatic N) is 3. The maximum absolute atomic E-state index is 12.7. The number of piperidine rings is 1. The summed E-state index contributed by atoms with van der Waals surface area (Å²) in [4.78, 5) is 18.6. The van der Waals surface area contributed by atoms with E-state index < -0.39 is 18.4 Å². The largest absolute Gasteiger partial charge is 0.437 e. The lowest BCUT2D eigenvalue weighted by atomic mass is 9.78. The Kier molecular flexibility index (Phi) is 6.61. The van der Waals surface area contributed by atoms with E-state index in [1.165, 1.54) is 34.6 Å². The second-order valence-electron chi connectivity index (χ2n) is 9.84. The highest BCUT2D eigenvalue weighted by Gasteiger charge is 2.44. The molecule has 1 aromatic rings. The van der Waals surface area contributed by atoms with E-state index in [1.54, 1.807) is 0 Å². The third-order valence-corrected chi connectivity index (χ3v) is 7.42. The molecule has 32 heavy (non-hydrogen) atoms. The van der Waals surface area contributed by atoms with Crippen molar-refractivity contribution in [3.05, 3.63) is 29.3 Å². The molecule has 3 aliphatic rings. The van der Waals surface area contributed by atoms with E-state index in [0.29, 0.717) is 13.1 Å². The first-order valence-electron chi connectivity index (χ1n) is 11.7. The smallest absolute Gasteiger partial charge is 0.425 e. The number of alkyl halides is 3. The molecule has 0 aromatic heterocycles. The Hall–Kier alpha value is -1.96. The summed E-state index contributed by atoms with van der Waals surface area (Å²) in [5.74, 6) is 0. The van der Waals surface area contributed by atoms with Crippen LogP contribution in [0.5, 0.6) is 0 Å². The average molecular weight is 454 g/mol. The number of likely N-dealkylation sites (tertiary alicyclic amines) is 2. The van der Waals surface area contributed by atoms with E-state index >= 15 is 0 Å². The molecule has 3 saturated heterocycles. The van der Waals surface area contributed by atoms with Crippen molar-refractivity contribution in [1.82, 2.24) is 9.80 Å². The van der Waals surface area contributed by atoms with Gasteiger partial charge < -0.3 is 14.5 Å². The highest BCUT2D eigenvalue weighted by molar-refractivity contribution is 5.68. The fourth-order valence-corrected chi connectivity index (χ4v) is 5.33. The summed E-state index contributed by atoms with van der Waals surface area (Å²) in [6, 6.07) is 6.75. The van der Waals surface area contributed by atoms with Gasteiger partial charge in [0.05, 0.1) is 0 Å². The molecule has 178 valence electrons. The number of aryl methyl sites for hydroxylation is 1. The van der Waals surface area contributed by atoms with Gasteiger partial charge in [-0.2, -0.15) is 13.2 Å². The van der Waals surface area contributed by atoms with Gasteiger partial charge in [0.25, 0.3) is 0 Å². The number of hydrogen-bond donors (Lipinski definition) is 0. The number of hydrogen-bond acceptors (Lipinski definition) is 4. The van der Waals surface area contributed by atoms with Crippen LogP contribution in [0.3, 0.4) is 0 Å². The lowest BCUT2D eigenvalue weighted by Crippen LogP contribution is -2.46. The first kappa shape index (κ1) is 23.2. The first-order chi connectivity index (χ1) is 15.2. The predicted molar refractivity (Wildman–Crippen MR) is 118 cm³/mol. The van der Waals surface area contributed by atoms with Gasteiger partial charge in [-0.05, 0) is 75.1 Å². The van der Waals surface area contributed by atoms with Crippen molar-refractivity contribution in [3.8, 4) is 0 Å². The molecule has 4 rings (SSSR count). The lowest BCUT2D eigenvalue weighted by Gasteiger charge is -2.39. The third-order valence-electron chi connectivity index (χ3n) is 7.42. The van der Waals surface area contributed by atoms with Crippen LogP contribution in [0, 0.1) is 12.3 Å². The van der Waals surface area contributed by atoms with Crippen LogP contribution >= 0.6 is 0 Å². The van der Waals surface area contributed by atoms with E-state index in [1.807, 2.05) is 0 Å². The lowest BCUT2D eigenvalue weighted by molar-refractivity contribution is -0.200. The molecule has 0 N–H and O–H groups in total. The van der Waals surface area contributed by atoms with Crippen molar-refractivity contribution in [3.63, 3.8) is 0 Å².